The van der Waals surface area contributed by atoms with Gasteiger partial charge in [-0.05, 0) is 67.5 Å². The fourth-order valence-electron chi connectivity index (χ4n) is 5.77. The Balaban J connectivity index is 0.000000205. The van der Waals surface area contributed by atoms with Crippen molar-refractivity contribution in [1.29, 1.82) is 0 Å². The summed E-state index contributed by atoms with van der Waals surface area (Å²) in [6.07, 6.45) is 8.09. The topological polar surface area (TPSA) is 120 Å². The third-order valence-electron chi connectivity index (χ3n) is 8.26. The molecule has 1 aliphatic heterocycles. The van der Waals surface area contributed by atoms with Crippen LogP contribution in [0.1, 0.15) is 30.9 Å². The van der Waals surface area contributed by atoms with Gasteiger partial charge in [0.2, 0.25) is 5.78 Å². The highest BCUT2D eigenvalue weighted by atomic mass is 16.5. The van der Waals surface area contributed by atoms with E-state index in [0.29, 0.717) is 50.7 Å². The zero-order valence-corrected chi connectivity index (χ0v) is 28.9. The van der Waals surface area contributed by atoms with Crippen LogP contribution in [0.5, 0.6) is 28.7 Å². The van der Waals surface area contributed by atoms with Crippen LogP contribution in [0.15, 0.2) is 106 Å². The lowest BCUT2D eigenvalue weighted by atomic mass is 9.85. The number of hydrogen-bond donors (Lipinski definition) is 0. The second kappa shape index (κ2) is 14.6. The first-order chi connectivity index (χ1) is 24.0. The Morgan fingerprint density at radius 3 is 1.94 bits per heavy atom. The van der Waals surface area contributed by atoms with Crippen molar-refractivity contribution in [2.75, 3.05) is 35.5 Å². The summed E-state index contributed by atoms with van der Waals surface area (Å²) in [6.45, 7) is 7.67. The second-order valence-corrected chi connectivity index (χ2v) is 11.8. The minimum atomic E-state index is -0.507. The molecule has 0 bridgehead atoms. The molecule has 3 aromatic carbocycles. The highest BCUT2D eigenvalue weighted by Crippen LogP contribution is 2.47. The maximum atomic E-state index is 12.9. The SMILES string of the molecule is C=CC(C1=CC(=O)C(OC)=CC1=O)c1ccc(OC)cc1.COc1ccc(-c2c(OC)c3c(OC)c4c(cc3oc2=O)OC(C)(C)C=C4)cc1. The van der Waals surface area contributed by atoms with E-state index in [0.717, 1.165) is 16.9 Å². The molecule has 258 valence electrons. The predicted octanol–water partition coefficient (Wildman–Crippen LogP) is 7.24. The van der Waals surface area contributed by atoms with Crippen LogP contribution >= 0.6 is 0 Å². The minimum Gasteiger partial charge on any atom is -0.497 e. The number of benzene rings is 3. The van der Waals surface area contributed by atoms with E-state index < -0.39 is 11.2 Å². The van der Waals surface area contributed by atoms with Crippen molar-refractivity contribution in [3.63, 3.8) is 0 Å². The Morgan fingerprint density at radius 2 is 1.38 bits per heavy atom. The first kappa shape index (κ1) is 35.3. The van der Waals surface area contributed by atoms with Gasteiger partial charge in [0.15, 0.2) is 11.5 Å². The number of methoxy groups -OCH3 is 5. The summed E-state index contributed by atoms with van der Waals surface area (Å²) < 4.78 is 38.3. The van der Waals surface area contributed by atoms with E-state index in [1.807, 2.05) is 38.1 Å². The zero-order chi connectivity index (χ0) is 36.2. The van der Waals surface area contributed by atoms with E-state index in [9.17, 15) is 14.4 Å². The zero-order valence-electron chi connectivity index (χ0n) is 28.9. The van der Waals surface area contributed by atoms with Crippen molar-refractivity contribution in [2.45, 2.75) is 25.4 Å². The van der Waals surface area contributed by atoms with Crippen LogP contribution < -0.4 is 29.3 Å². The standard InChI is InChI=1S/C23H22O6.C17H16O4/c1-23(2)11-10-15-16(29-23)12-17-19(20(15)26-4)21(27-5)18(22(24)28-17)13-6-8-14(25-3)9-7-13;1-4-13(11-5-7-12(20-2)8-6-11)14-9-16(19)17(21-3)10-15(14)18/h6-12H,1-5H3;4-10,13H,1H2,2-3H3. The van der Waals surface area contributed by atoms with E-state index >= 15 is 0 Å². The summed E-state index contributed by atoms with van der Waals surface area (Å²) in [5.74, 6) is 2.07. The summed E-state index contributed by atoms with van der Waals surface area (Å²) in [5.41, 5.74) is 2.37. The van der Waals surface area contributed by atoms with E-state index in [1.54, 1.807) is 69.9 Å². The van der Waals surface area contributed by atoms with Gasteiger partial charge in [0.25, 0.3) is 0 Å². The molecule has 6 rings (SSSR count). The smallest absolute Gasteiger partial charge is 0.347 e. The third-order valence-corrected chi connectivity index (χ3v) is 8.26. The van der Waals surface area contributed by atoms with Gasteiger partial charge in [-0.1, -0.05) is 30.3 Å². The number of hydrogen-bond acceptors (Lipinski definition) is 10. The lowest BCUT2D eigenvalue weighted by Gasteiger charge is -2.29. The Bertz CT molecular complexity index is 2100. The normalized spacial score (nSPS) is 14.9. The lowest BCUT2D eigenvalue weighted by Crippen LogP contribution is -2.27. The van der Waals surface area contributed by atoms with Gasteiger partial charge in [0.05, 0.1) is 41.1 Å². The molecule has 4 aromatic rings. The number of fused-ring (bicyclic) bond motifs is 2. The van der Waals surface area contributed by atoms with E-state index in [-0.39, 0.29) is 23.2 Å². The van der Waals surface area contributed by atoms with Crippen LogP contribution in [0, 0.1) is 0 Å². The monoisotopic (exact) mass is 678 g/mol. The van der Waals surface area contributed by atoms with E-state index in [4.69, 9.17) is 32.8 Å². The molecule has 0 N–H and O–H groups in total. The first-order valence-corrected chi connectivity index (χ1v) is 15.6. The van der Waals surface area contributed by atoms with Gasteiger partial charge in [-0.15, -0.1) is 6.58 Å². The number of ketones is 2. The van der Waals surface area contributed by atoms with Gasteiger partial charge in [-0.25, -0.2) is 4.79 Å². The van der Waals surface area contributed by atoms with Crippen molar-refractivity contribution in [3.8, 4) is 39.9 Å². The minimum absolute atomic E-state index is 0.0568. The molecule has 0 saturated heterocycles. The van der Waals surface area contributed by atoms with Gasteiger partial charge in [0.1, 0.15) is 50.9 Å². The summed E-state index contributed by atoms with van der Waals surface area (Å²) in [4.78, 5) is 36.9. The lowest BCUT2D eigenvalue weighted by molar-refractivity contribution is -0.117. The molecule has 0 fully saturated rings. The molecule has 0 saturated carbocycles. The van der Waals surface area contributed by atoms with Crippen molar-refractivity contribution in [1.82, 2.24) is 0 Å². The fourth-order valence-corrected chi connectivity index (χ4v) is 5.77. The van der Waals surface area contributed by atoms with Crippen molar-refractivity contribution in [3.05, 3.63) is 118 Å². The quantitative estimate of drug-likeness (QED) is 0.102. The first-order valence-electron chi connectivity index (χ1n) is 15.6. The predicted molar refractivity (Wildman–Crippen MR) is 190 cm³/mol. The number of rotatable bonds is 9. The van der Waals surface area contributed by atoms with Gasteiger partial charge < -0.3 is 32.8 Å². The molecule has 1 aromatic heterocycles. The van der Waals surface area contributed by atoms with Crippen LogP contribution in [0.3, 0.4) is 0 Å². The summed E-state index contributed by atoms with van der Waals surface area (Å²) >= 11 is 0. The highest BCUT2D eigenvalue weighted by Gasteiger charge is 2.30. The van der Waals surface area contributed by atoms with Crippen LogP contribution in [-0.2, 0) is 14.3 Å². The molecule has 10 heteroatoms. The molecule has 0 amide bonds. The maximum Gasteiger partial charge on any atom is 0.347 e. The number of allylic oxidation sites excluding steroid dienone is 4. The van der Waals surface area contributed by atoms with Crippen LogP contribution in [0.2, 0.25) is 0 Å². The Kier molecular flexibility index (Phi) is 10.3. The maximum absolute atomic E-state index is 12.9. The van der Waals surface area contributed by atoms with E-state index in [1.165, 1.54) is 26.4 Å². The molecule has 10 nitrogen and oxygen atoms in total. The number of ether oxygens (including phenoxy) is 6. The molecule has 0 radical (unpaired) electrons. The van der Waals surface area contributed by atoms with Gasteiger partial charge in [0, 0.05) is 23.6 Å². The van der Waals surface area contributed by atoms with Crippen molar-refractivity contribution in [2.24, 2.45) is 0 Å². The van der Waals surface area contributed by atoms with E-state index in [2.05, 4.69) is 6.58 Å². The Hall–Kier alpha value is -6.03. The van der Waals surface area contributed by atoms with Crippen molar-refractivity contribution >= 4 is 28.6 Å². The Morgan fingerprint density at radius 1 is 0.760 bits per heavy atom. The van der Waals surface area contributed by atoms with Crippen LogP contribution in [-0.4, -0.2) is 52.7 Å². The highest BCUT2D eigenvalue weighted by molar-refractivity contribution is 6.19. The number of carbonyl (C=O) groups is 2. The summed E-state index contributed by atoms with van der Waals surface area (Å²) in [6, 6.07) is 16.1. The van der Waals surface area contributed by atoms with Crippen molar-refractivity contribution < 1.29 is 42.4 Å². The largest absolute Gasteiger partial charge is 0.497 e. The fraction of sp³-hybridized carbons (Fsp3) is 0.225. The molecular formula is C40H38O10. The molecule has 2 heterocycles. The molecule has 1 unspecified atom stereocenters. The second-order valence-electron chi connectivity index (χ2n) is 11.8. The molecule has 1 aliphatic carbocycles. The molecule has 2 aliphatic rings. The molecular weight excluding hydrogens is 640 g/mol. The average Bonchev–Trinajstić information content (AvgIpc) is 3.11. The molecule has 1 atom stereocenters. The van der Waals surface area contributed by atoms with Gasteiger partial charge >= 0.3 is 5.63 Å². The van der Waals surface area contributed by atoms with Gasteiger partial charge in [-0.2, -0.15) is 0 Å². The molecule has 50 heavy (non-hydrogen) atoms. The van der Waals surface area contributed by atoms with Crippen LogP contribution in [0.25, 0.3) is 28.2 Å². The molecule has 0 spiro atoms. The third kappa shape index (κ3) is 6.91. The average molecular weight is 679 g/mol. The summed E-state index contributed by atoms with van der Waals surface area (Å²) in [7, 11) is 7.63. The Labute approximate surface area is 289 Å². The van der Waals surface area contributed by atoms with Gasteiger partial charge in [-0.3, -0.25) is 9.59 Å². The summed E-state index contributed by atoms with van der Waals surface area (Å²) in [5, 5.41) is 0.576. The number of carbonyl (C=O) groups excluding carboxylic acids is 2. The van der Waals surface area contributed by atoms with Crippen LogP contribution in [0.4, 0.5) is 0 Å².